The molecule has 488 valence electrons. The minimum absolute atomic E-state index is 0.00673. The summed E-state index contributed by atoms with van der Waals surface area (Å²) in [6.45, 7) is 25.5. The summed E-state index contributed by atoms with van der Waals surface area (Å²) in [5, 5.41) is 43.7. The van der Waals surface area contributed by atoms with Crippen molar-refractivity contribution in [2.75, 3.05) is 5.32 Å². The predicted molar refractivity (Wildman–Crippen MR) is 380 cm³/mol. The van der Waals surface area contributed by atoms with Crippen molar-refractivity contribution in [3.8, 4) is 56.0 Å². The third kappa shape index (κ3) is 15.1. The molecule has 1 fully saturated rings. The molecule has 0 radical (unpaired) electrons. The van der Waals surface area contributed by atoms with Crippen LogP contribution in [0.5, 0.6) is 0 Å². The molecular weight excluding hydrogens is 1350 g/mol. The number of aryl methyl sites for hydroxylation is 9. The highest BCUT2D eigenvalue weighted by atomic mass is 79.9. The molecule has 0 bridgehead atoms. The van der Waals surface area contributed by atoms with E-state index in [9.17, 15) is 0 Å². The van der Waals surface area contributed by atoms with Crippen molar-refractivity contribution in [2.24, 2.45) is 11.5 Å². The lowest BCUT2D eigenvalue weighted by Crippen LogP contribution is -2.41. The minimum Gasteiger partial charge on any atom is -0.399 e. The number of benzene rings is 5. The van der Waals surface area contributed by atoms with Crippen molar-refractivity contribution < 1.29 is 9.31 Å². The molecule has 0 unspecified atom stereocenters. The van der Waals surface area contributed by atoms with E-state index >= 15 is 0 Å². The lowest BCUT2D eigenvalue weighted by molar-refractivity contribution is 0.00578. The molecular formula is C69H79BBr2Cl2N18O2. The SMILES string of the molecule is CCn1cc(-c2ccc3c(c2)[C@H](N)CCn2nnc(C)c2-3)cn1.CCn1cc(-c2ccc3c(c2)[C@H](Nc2ccc(Cl)cc2)CCn2nnc(C)c2-3)cn1.CCn1cc(B2OC(C)(C)C(C)(C)O2)cn1.Cc1nnn2c1-c1ccc(Br)cc1[C@H](N)CC2.Clc1ccc(Br)cc1. The van der Waals surface area contributed by atoms with Crippen LogP contribution >= 0.6 is 55.1 Å². The number of aromatic nitrogens is 15. The third-order valence-electron chi connectivity index (χ3n) is 17.8. The average Bonchev–Trinajstić information content (AvgIpc) is 1.62. The maximum atomic E-state index is 6.43. The van der Waals surface area contributed by atoms with Gasteiger partial charge in [-0.3, -0.25) is 14.0 Å². The van der Waals surface area contributed by atoms with Crippen LogP contribution in [0.3, 0.4) is 0 Å². The van der Waals surface area contributed by atoms with Gasteiger partial charge in [-0.15, -0.1) is 15.3 Å². The Labute approximate surface area is 576 Å². The second-order valence-corrected chi connectivity index (χ2v) is 27.4. The molecule has 20 nitrogen and oxygen atoms in total. The first-order chi connectivity index (χ1) is 45.1. The topological polar surface area (TPSA) is 228 Å². The fourth-order valence-corrected chi connectivity index (χ4v) is 12.7. The van der Waals surface area contributed by atoms with Crippen molar-refractivity contribution in [1.82, 2.24) is 74.3 Å². The Morgan fingerprint density at radius 3 is 1.37 bits per heavy atom. The fraction of sp³-hybridized carbons (Fsp3) is 0.348. The maximum Gasteiger partial charge on any atom is 0.498 e. The number of anilines is 1. The van der Waals surface area contributed by atoms with Crippen molar-refractivity contribution in [3.05, 3.63) is 193 Å². The Kier molecular flexibility index (Phi) is 21.0. The van der Waals surface area contributed by atoms with Crippen molar-refractivity contribution in [3.63, 3.8) is 0 Å². The Morgan fingerprint density at radius 2 is 0.915 bits per heavy atom. The molecule has 4 aliphatic heterocycles. The summed E-state index contributed by atoms with van der Waals surface area (Å²) in [5.74, 6) is 0. The summed E-state index contributed by atoms with van der Waals surface area (Å²) >= 11 is 18.5. The number of nitrogens with zero attached hydrogens (tertiary/aromatic N) is 15. The van der Waals surface area contributed by atoms with Crippen LogP contribution in [0.1, 0.15) is 120 Å². The lowest BCUT2D eigenvalue weighted by atomic mass is 9.82. The molecule has 10 heterocycles. The largest absolute Gasteiger partial charge is 0.498 e. The Hall–Kier alpha value is -7.61. The molecule has 15 rings (SSSR count). The van der Waals surface area contributed by atoms with Crippen molar-refractivity contribution in [2.45, 2.75) is 157 Å². The Morgan fingerprint density at radius 1 is 0.511 bits per heavy atom. The maximum absolute atomic E-state index is 6.43. The molecule has 1 saturated heterocycles. The van der Waals surface area contributed by atoms with Crippen molar-refractivity contribution in [1.29, 1.82) is 0 Å². The van der Waals surface area contributed by atoms with Crippen molar-refractivity contribution >= 4 is 73.3 Å². The van der Waals surface area contributed by atoms with Gasteiger partial charge in [0, 0.05) is 134 Å². The molecule has 11 aromatic rings. The van der Waals surface area contributed by atoms with Crippen LogP contribution < -0.4 is 22.2 Å². The summed E-state index contributed by atoms with van der Waals surface area (Å²) in [7, 11) is -0.301. The van der Waals surface area contributed by atoms with Crippen LogP contribution in [0.25, 0.3) is 56.0 Å². The second kappa shape index (κ2) is 29.2. The van der Waals surface area contributed by atoms with E-state index in [4.69, 9.17) is 44.0 Å². The van der Waals surface area contributed by atoms with Gasteiger partial charge in [-0.25, -0.2) is 14.0 Å². The van der Waals surface area contributed by atoms with Gasteiger partial charge in [0.15, 0.2) is 0 Å². The zero-order chi connectivity index (χ0) is 66.6. The number of nitrogens with one attached hydrogen (secondary N) is 1. The molecule has 94 heavy (non-hydrogen) atoms. The number of halogens is 4. The van der Waals surface area contributed by atoms with E-state index < -0.39 is 0 Å². The normalized spacial score (nSPS) is 17.0. The van der Waals surface area contributed by atoms with Crippen LogP contribution in [0.2, 0.25) is 10.0 Å². The Balaban J connectivity index is 0.000000126. The highest BCUT2D eigenvalue weighted by Crippen LogP contribution is 2.42. The minimum atomic E-state index is -0.301. The summed E-state index contributed by atoms with van der Waals surface area (Å²) in [5.41, 5.74) is 31.9. The summed E-state index contributed by atoms with van der Waals surface area (Å²) in [4.78, 5) is 0. The van der Waals surface area contributed by atoms with E-state index in [0.717, 1.165) is 162 Å². The molecule has 5 N–H and O–H groups in total. The molecule has 0 aliphatic carbocycles. The van der Waals surface area contributed by atoms with Crippen LogP contribution in [0.15, 0.2) is 149 Å². The van der Waals surface area contributed by atoms with Crippen LogP contribution in [-0.4, -0.2) is 92.6 Å². The first-order valence-corrected chi connectivity index (χ1v) is 34.1. The van der Waals surface area contributed by atoms with Crippen LogP contribution in [0.4, 0.5) is 5.69 Å². The number of rotatable bonds is 8. The predicted octanol–water partition coefficient (Wildman–Crippen LogP) is 14.6. The smallest absolute Gasteiger partial charge is 0.399 e. The molecule has 0 saturated carbocycles. The zero-order valence-corrected chi connectivity index (χ0v) is 59.3. The van der Waals surface area contributed by atoms with Gasteiger partial charge in [0.2, 0.25) is 0 Å². The Bertz CT molecular complexity index is 4360. The number of fused-ring (bicyclic) bond motifs is 9. The first-order valence-electron chi connectivity index (χ1n) is 31.8. The summed E-state index contributed by atoms with van der Waals surface area (Å²) in [6, 6.07) is 34.9. The van der Waals surface area contributed by atoms with E-state index in [1.54, 1.807) is 0 Å². The highest BCUT2D eigenvalue weighted by Gasteiger charge is 2.52. The molecule has 4 aliphatic rings. The van der Waals surface area contributed by atoms with E-state index in [1.165, 1.54) is 16.7 Å². The van der Waals surface area contributed by atoms with E-state index in [1.807, 2.05) is 128 Å². The first kappa shape index (κ1) is 67.8. The number of nitrogens with two attached hydrogens (primary N) is 2. The van der Waals surface area contributed by atoms with Gasteiger partial charge < -0.3 is 26.1 Å². The average molecular weight is 1430 g/mol. The summed E-state index contributed by atoms with van der Waals surface area (Å²) in [6.07, 6.45) is 14.4. The van der Waals surface area contributed by atoms with Gasteiger partial charge >= 0.3 is 7.12 Å². The van der Waals surface area contributed by atoms with Gasteiger partial charge in [-0.1, -0.05) is 101 Å². The quantitative estimate of drug-likeness (QED) is 0.120. The standard InChI is InChI=1S/C23H23ClN6.C17H20N6.C12H13BrN4.C11H19BN2O2.C6H4BrCl/c1-3-29-14-17(13-25-29)16-4-9-20-21(12-16)22(26-19-7-5-18(24)6-8-19)10-11-30-23(20)15(2)27-28-30;1-3-22-10-13(9-19-22)12-4-5-14-15(8-12)16(18)6-7-23-17(14)11(2)20-21-23;1-7-12-9-3-2-8(13)6-10(9)11(14)4-5-17(12)16-15-7;1-6-14-8-9(7-13-14)12-15-10(2,3)11(4,5)16-12;7-5-1-3-6(8)4-2-5/h4-9,12-14,22,26H,3,10-11H2,1-2H3;4-5,8-10,16H,3,6-7,18H2,1-2H3;2-3,6,11H,4-5,14H2,1H3;7-8H,6H2,1-5H3;1-4H/t22-;16-;11-;;/m111../s1. The molecule has 3 atom stereocenters. The van der Waals surface area contributed by atoms with E-state index in [-0.39, 0.29) is 36.4 Å². The summed E-state index contributed by atoms with van der Waals surface area (Å²) < 4.78 is 25.7. The fourth-order valence-electron chi connectivity index (χ4n) is 11.8. The van der Waals surface area contributed by atoms with E-state index in [2.05, 4.69) is 193 Å². The molecule has 5 aromatic carbocycles. The van der Waals surface area contributed by atoms with Gasteiger partial charge in [-0.05, 0) is 189 Å². The molecule has 6 aromatic heterocycles. The molecule has 25 heteroatoms. The second-order valence-electron chi connectivity index (χ2n) is 24.7. The van der Waals surface area contributed by atoms with Gasteiger partial charge in [0.1, 0.15) is 0 Å². The van der Waals surface area contributed by atoms with E-state index in [0.29, 0.717) is 0 Å². The number of hydrogen-bond donors (Lipinski definition) is 3. The zero-order valence-electron chi connectivity index (χ0n) is 54.6. The highest BCUT2D eigenvalue weighted by molar-refractivity contribution is 9.10. The number of hydrogen-bond acceptors (Lipinski definition) is 14. The van der Waals surface area contributed by atoms with Gasteiger partial charge in [-0.2, -0.15) is 15.3 Å². The van der Waals surface area contributed by atoms with Gasteiger partial charge in [0.25, 0.3) is 0 Å². The molecule has 0 amide bonds. The van der Waals surface area contributed by atoms with Crippen LogP contribution in [0, 0.1) is 20.8 Å². The van der Waals surface area contributed by atoms with Gasteiger partial charge in [0.05, 0.1) is 63.8 Å². The monoisotopic (exact) mass is 1430 g/mol. The third-order valence-corrected chi connectivity index (χ3v) is 19.3. The lowest BCUT2D eigenvalue weighted by Gasteiger charge is -2.32. The van der Waals surface area contributed by atoms with Crippen LogP contribution in [-0.2, 0) is 48.6 Å². The molecule has 0 spiro atoms.